The molecule has 0 radical (unpaired) electrons. The lowest BCUT2D eigenvalue weighted by Gasteiger charge is -2.33. The Balaban J connectivity index is 1.43. The van der Waals surface area contributed by atoms with Gasteiger partial charge in [-0.2, -0.15) is 0 Å². The van der Waals surface area contributed by atoms with Gasteiger partial charge in [0.2, 0.25) is 5.91 Å². The number of rotatable bonds is 4. The highest BCUT2D eigenvalue weighted by Crippen LogP contribution is 2.43. The minimum absolute atomic E-state index is 0.0329. The number of hydrogen-bond donors (Lipinski definition) is 2. The molecule has 3 rings (SSSR count). The summed E-state index contributed by atoms with van der Waals surface area (Å²) < 4.78 is 0. The molecule has 1 saturated heterocycles. The van der Waals surface area contributed by atoms with Crippen LogP contribution in [0.2, 0.25) is 0 Å². The second-order valence-electron chi connectivity index (χ2n) is 7.73. The number of nitrogens with one attached hydrogen (secondary N) is 2. The van der Waals surface area contributed by atoms with Gasteiger partial charge in [0, 0.05) is 39.3 Å². The number of hydrogen-bond acceptors (Lipinski definition) is 3. The number of aryl methyl sites for hydroxylation is 1. The zero-order valence-electron chi connectivity index (χ0n) is 16.1. The van der Waals surface area contributed by atoms with Gasteiger partial charge in [-0.3, -0.25) is 9.79 Å². The normalized spacial score (nSPS) is 19.6. The fourth-order valence-electron chi connectivity index (χ4n) is 4.19. The summed E-state index contributed by atoms with van der Waals surface area (Å²) in [6, 6.07) is 3.77. The van der Waals surface area contributed by atoms with Crippen molar-refractivity contribution in [2.24, 2.45) is 10.4 Å². The zero-order chi connectivity index (χ0) is 18.4. The highest BCUT2D eigenvalue weighted by molar-refractivity contribution is 5.90. The van der Waals surface area contributed by atoms with E-state index in [9.17, 15) is 4.79 Å². The van der Waals surface area contributed by atoms with E-state index in [2.05, 4.69) is 25.5 Å². The molecular weight excluding hydrogens is 326 g/mol. The largest absolute Gasteiger partial charge is 0.356 e. The third-order valence-corrected chi connectivity index (χ3v) is 5.68. The Morgan fingerprint density at radius 2 is 2.08 bits per heavy atom. The second-order valence-corrected chi connectivity index (χ2v) is 7.73. The van der Waals surface area contributed by atoms with Crippen molar-refractivity contribution < 1.29 is 4.79 Å². The van der Waals surface area contributed by atoms with E-state index < -0.39 is 0 Å². The number of aliphatic imine (C=N–C) groups is 1. The summed E-state index contributed by atoms with van der Waals surface area (Å²) in [6.45, 7) is 4.73. The summed E-state index contributed by atoms with van der Waals surface area (Å²) in [5.74, 6) is 1.49. The summed E-state index contributed by atoms with van der Waals surface area (Å²) in [7, 11) is 1.82. The predicted octanol–water partition coefficient (Wildman–Crippen LogP) is 2.95. The summed E-state index contributed by atoms with van der Waals surface area (Å²) in [5.41, 5.74) is 1.58. The average molecular weight is 358 g/mol. The number of anilines is 1. The Hall–Kier alpha value is -2.11. The SMILES string of the molecule is CN=C(NCCC(=O)Nc1ccc(C)cn1)N1CCC2(CCCCC2)C1. The molecule has 2 N–H and O–H groups in total. The van der Waals surface area contributed by atoms with Crippen molar-refractivity contribution in [3.8, 4) is 0 Å². The molecule has 142 valence electrons. The lowest BCUT2D eigenvalue weighted by atomic mass is 9.73. The van der Waals surface area contributed by atoms with Crippen LogP contribution in [-0.4, -0.2) is 48.4 Å². The summed E-state index contributed by atoms with van der Waals surface area (Å²) in [6.07, 6.45) is 10.3. The lowest BCUT2D eigenvalue weighted by Crippen LogP contribution is -2.42. The van der Waals surface area contributed by atoms with Crippen molar-refractivity contribution in [2.75, 3.05) is 32.0 Å². The van der Waals surface area contributed by atoms with E-state index in [1.165, 1.54) is 38.5 Å². The first-order valence-corrected chi connectivity index (χ1v) is 9.78. The fourth-order valence-corrected chi connectivity index (χ4v) is 4.19. The molecule has 0 bridgehead atoms. The third-order valence-electron chi connectivity index (χ3n) is 5.68. The van der Waals surface area contributed by atoms with Gasteiger partial charge in [-0.15, -0.1) is 0 Å². The van der Waals surface area contributed by atoms with Crippen LogP contribution >= 0.6 is 0 Å². The van der Waals surface area contributed by atoms with Crippen LogP contribution < -0.4 is 10.6 Å². The predicted molar refractivity (Wildman–Crippen MR) is 105 cm³/mol. The number of likely N-dealkylation sites (tertiary alicyclic amines) is 1. The summed E-state index contributed by atoms with van der Waals surface area (Å²) >= 11 is 0. The Morgan fingerprint density at radius 3 is 2.77 bits per heavy atom. The molecule has 2 heterocycles. The first-order valence-electron chi connectivity index (χ1n) is 9.78. The molecule has 1 amide bonds. The highest BCUT2D eigenvalue weighted by Gasteiger charge is 2.39. The van der Waals surface area contributed by atoms with Crippen LogP contribution in [0.4, 0.5) is 5.82 Å². The molecule has 1 aromatic rings. The lowest BCUT2D eigenvalue weighted by molar-refractivity contribution is -0.116. The van der Waals surface area contributed by atoms with Crippen LogP contribution in [0.15, 0.2) is 23.3 Å². The van der Waals surface area contributed by atoms with Gasteiger partial charge < -0.3 is 15.5 Å². The van der Waals surface area contributed by atoms with Gasteiger partial charge >= 0.3 is 0 Å². The molecule has 26 heavy (non-hydrogen) atoms. The van der Waals surface area contributed by atoms with Crippen LogP contribution in [0.1, 0.15) is 50.5 Å². The molecule has 1 spiro atoms. The van der Waals surface area contributed by atoms with Crippen molar-refractivity contribution >= 4 is 17.7 Å². The average Bonchev–Trinajstić information content (AvgIpc) is 3.04. The van der Waals surface area contributed by atoms with Gasteiger partial charge in [0.05, 0.1) is 0 Å². The van der Waals surface area contributed by atoms with E-state index in [1.807, 2.05) is 26.1 Å². The molecule has 1 saturated carbocycles. The quantitative estimate of drug-likeness (QED) is 0.642. The highest BCUT2D eigenvalue weighted by atomic mass is 16.1. The number of nitrogens with zero attached hydrogens (tertiary/aromatic N) is 3. The van der Waals surface area contributed by atoms with Gasteiger partial charge in [0.15, 0.2) is 5.96 Å². The van der Waals surface area contributed by atoms with E-state index in [0.717, 1.165) is 24.6 Å². The molecule has 6 heteroatoms. The minimum atomic E-state index is -0.0329. The van der Waals surface area contributed by atoms with Crippen molar-refractivity contribution in [2.45, 2.75) is 51.9 Å². The number of amides is 1. The minimum Gasteiger partial charge on any atom is -0.356 e. The van der Waals surface area contributed by atoms with Gasteiger partial charge in [-0.05, 0) is 43.2 Å². The zero-order valence-corrected chi connectivity index (χ0v) is 16.1. The van der Waals surface area contributed by atoms with Crippen LogP contribution in [0.3, 0.4) is 0 Å². The number of carbonyl (C=O) groups excluding carboxylic acids is 1. The molecular formula is C20H31N5O. The number of guanidine groups is 1. The second kappa shape index (κ2) is 8.52. The topological polar surface area (TPSA) is 69.6 Å². The first-order chi connectivity index (χ1) is 12.6. The first kappa shape index (κ1) is 18.7. The summed E-state index contributed by atoms with van der Waals surface area (Å²) in [4.78, 5) is 23.1. The standard InChI is InChI=1S/C20H31N5O/c1-16-6-7-17(23-14-16)24-18(26)8-12-22-19(21-2)25-13-11-20(15-25)9-4-3-5-10-20/h6-7,14H,3-5,8-13,15H2,1-2H3,(H,21,22)(H,23,24,26). The Kier molecular flexibility index (Phi) is 6.12. The van der Waals surface area contributed by atoms with E-state index >= 15 is 0 Å². The maximum atomic E-state index is 12.1. The molecule has 0 atom stereocenters. The number of aromatic nitrogens is 1. The molecule has 6 nitrogen and oxygen atoms in total. The number of pyridine rings is 1. The Labute approximate surface area is 156 Å². The van der Waals surface area contributed by atoms with Crippen molar-refractivity contribution in [3.05, 3.63) is 23.9 Å². The third kappa shape index (κ3) is 4.74. The van der Waals surface area contributed by atoms with Crippen LogP contribution in [-0.2, 0) is 4.79 Å². The number of carbonyl (C=O) groups is 1. The van der Waals surface area contributed by atoms with E-state index in [4.69, 9.17) is 0 Å². The van der Waals surface area contributed by atoms with Crippen molar-refractivity contribution in [1.29, 1.82) is 0 Å². The maximum absolute atomic E-state index is 12.1. The van der Waals surface area contributed by atoms with Crippen molar-refractivity contribution in [1.82, 2.24) is 15.2 Å². The molecule has 2 aliphatic rings. The molecule has 2 fully saturated rings. The Morgan fingerprint density at radius 1 is 1.27 bits per heavy atom. The Bertz CT molecular complexity index is 634. The van der Waals surface area contributed by atoms with Crippen LogP contribution in [0, 0.1) is 12.3 Å². The van der Waals surface area contributed by atoms with E-state index in [1.54, 1.807) is 6.20 Å². The summed E-state index contributed by atoms with van der Waals surface area (Å²) in [5, 5.41) is 6.19. The van der Waals surface area contributed by atoms with Gasteiger partial charge in [0.1, 0.15) is 5.82 Å². The molecule has 0 unspecified atom stereocenters. The van der Waals surface area contributed by atoms with Gasteiger partial charge in [-0.25, -0.2) is 4.98 Å². The van der Waals surface area contributed by atoms with E-state index in [0.29, 0.717) is 24.2 Å². The molecule has 0 aromatic carbocycles. The van der Waals surface area contributed by atoms with Crippen LogP contribution in [0.5, 0.6) is 0 Å². The fraction of sp³-hybridized carbons (Fsp3) is 0.650. The molecule has 1 aliphatic heterocycles. The maximum Gasteiger partial charge on any atom is 0.227 e. The molecule has 1 aromatic heterocycles. The van der Waals surface area contributed by atoms with Crippen molar-refractivity contribution in [3.63, 3.8) is 0 Å². The monoisotopic (exact) mass is 357 g/mol. The smallest absolute Gasteiger partial charge is 0.227 e. The van der Waals surface area contributed by atoms with Crippen LogP contribution in [0.25, 0.3) is 0 Å². The van der Waals surface area contributed by atoms with Gasteiger partial charge in [-0.1, -0.05) is 25.3 Å². The van der Waals surface area contributed by atoms with E-state index in [-0.39, 0.29) is 5.91 Å². The van der Waals surface area contributed by atoms with Gasteiger partial charge in [0.25, 0.3) is 0 Å². The molecule has 1 aliphatic carbocycles.